The van der Waals surface area contributed by atoms with Gasteiger partial charge in [-0.25, -0.2) is 9.97 Å². The van der Waals surface area contributed by atoms with E-state index in [2.05, 4.69) is 21.4 Å². The van der Waals surface area contributed by atoms with E-state index < -0.39 is 5.54 Å². The van der Waals surface area contributed by atoms with Gasteiger partial charge in [0.15, 0.2) is 0 Å². The Morgan fingerprint density at radius 2 is 2.04 bits per heavy atom. The van der Waals surface area contributed by atoms with Gasteiger partial charge in [0.2, 0.25) is 5.91 Å². The molecule has 2 aromatic rings. The number of hydrogen-bond acceptors (Lipinski definition) is 5. The van der Waals surface area contributed by atoms with E-state index in [1.807, 2.05) is 31.2 Å². The SMILES string of the molecule is Cc1nc2ccccc2nc1SCC(=O)NC(C)(C#N)C1CC1. The van der Waals surface area contributed by atoms with Crippen LogP contribution in [-0.2, 0) is 4.79 Å². The number of fused-ring (bicyclic) bond motifs is 1. The summed E-state index contributed by atoms with van der Waals surface area (Å²) >= 11 is 1.36. The summed E-state index contributed by atoms with van der Waals surface area (Å²) in [7, 11) is 0. The van der Waals surface area contributed by atoms with Crippen LogP contribution in [0.1, 0.15) is 25.5 Å². The summed E-state index contributed by atoms with van der Waals surface area (Å²) in [6, 6.07) is 9.91. The highest BCUT2D eigenvalue weighted by atomic mass is 32.2. The molecule has 1 N–H and O–H groups in total. The molecular weight excluding hydrogens is 308 g/mol. The van der Waals surface area contributed by atoms with Crippen molar-refractivity contribution in [3.8, 4) is 6.07 Å². The van der Waals surface area contributed by atoms with E-state index in [1.165, 1.54) is 11.8 Å². The smallest absolute Gasteiger partial charge is 0.231 e. The van der Waals surface area contributed by atoms with Crippen molar-refractivity contribution in [1.29, 1.82) is 5.26 Å². The van der Waals surface area contributed by atoms with Gasteiger partial charge in [-0.15, -0.1) is 0 Å². The Morgan fingerprint density at radius 1 is 1.39 bits per heavy atom. The normalized spacial score (nSPS) is 16.6. The molecule has 1 unspecified atom stereocenters. The summed E-state index contributed by atoms with van der Waals surface area (Å²) in [5, 5.41) is 12.9. The molecule has 1 atom stereocenters. The van der Waals surface area contributed by atoms with Crippen LogP contribution in [0.25, 0.3) is 11.0 Å². The molecule has 6 heteroatoms. The first-order valence-electron chi connectivity index (χ1n) is 7.60. The molecule has 1 aromatic carbocycles. The van der Waals surface area contributed by atoms with Gasteiger partial charge in [-0.1, -0.05) is 23.9 Å². The Bertz CT molecular complexity index is 797. The molecule has 23 heavy (non-hydrogen) atoms. The average Bonchev–Trinajstić information content (AvgIpc) is 3.38. The number of aromatic nitrogens is 2. The summed E-state index contributed by atoms with van der Waals surface area (Å²) in [5.74, 6) is 0.377. The minimum Gasteiger partial charge on any atom is -0.337 e. The van der Waals surface area contributed by atoms with Gasteiger partial charge in [-0.2, -0.15) is 5.26 Å². The summed E-state index contributed by atoms with van der Waals surface area (Å²) in [4.78, 5) is 21.2. The van der Waals surface area contributed by atoms with Crippen LogP contribution >= 0.6 is 11.8 Å². The number of benzene rings is 1. The molecule has 1 aliphatic rings. The Hall–Kier alpha value is -2.13. The summed E-state index contributed by atoms with van der Waals surface area (Å²) in [6.07, 6.45) is 2.01. The van der Waals surface area contributed by atoms with Gasteiger partial charge in [-0.05, 0) is 44.7 Å². The molecule has 1 aromatic heterocycles. The highest BCUT2D eigenvalue weighted by Crippen LogP contribution is 2.39. The van der Waals surface area contributed by atoms with Crippen molar-refractivity contribution in [2.24, 2.45) is 5.92 Å². The fourth-order valence-electron chi connectivity index (χ4n) is 2.55. The van der Waals surface area contributed by atoms with Crippen LogP contribution in [-0.4, -0.2) is 27.2 Å². The van der Waals surface area contributed by atoms with Gasteiger partial charge in [0.25, 0.3) is 0 Å². The van der Waals surface area contributed by atoms with E-state index in [1.54, 1.807) is 6.92 Å². The number of rotatable bonds is 5. The monoisotopic (exact) mass is 326 g/mol. The number of carbonyl (C=O) groups excluding carboxylic acids is 1. The van der Waals surface area contributed by atoms with Crippen LogP contribution in [0.15, 0.2) is 29.3 Å². The number of nitrogens with zero attached hydrogens (tertiary/aromatic N) is 3. The first kappa shape index (κ1) is 15.8. The molecule has 1 aliphatic carbocycles. The maximum absolute atomic E-state index is 12.2. The van der Waals surface area contributed by atoms with Crippen molar-refractivity contribution in [1.82, 2.24) is 15.3 Å². The van der Waals surface area contributed by atoms with Gasteiger partial charge in [0.1, 0.15) is 10.6 Å². The third-order valence-electron chi connectivity index (χ3n) is 4.07. The van der Waals surface area contributed by atoms with Gasteiger partial charge < -0.3 is 5.32 Å². The molecule has 0 bridgehead atoms. The maximum atomic E-state index is 12.2. The lowest BCUT2D eigenvalue weighted by Crippen LogP contribution is -2.47. The largest absolute Gasteiger partial charge is 0.337 e. The molecule has 1 heterocycles. The van der Waals surface area contributed by atoms with E-state index in [0.29, 0.717) is 0 Å². The third-order valence-corrected chi connectivity index (χ3v) is 5.13. The average molecular weight is 326 g/mol. The van der Waals surface area contributed by atoms with Crippen LogP contribution in [0.5, 0.6) is 0 Å². The van der Waals surface area contributed by atoms with Crippen LogP contribution in [0.4, 0.5) is 0 Å². The van der Waals surface area contributed by atoms with E-state index in [4.69, 9.17) is 0 Å². The van der Waals surface area contributed by atoms with Crippen LogP contribution < -0.4 is 5.32 Å². The fourth-order valence-corrected chi connectivity index (χ4v) is 3.31. The lowest BCUT2D eigenvalue weighted by Gasteiger charge is -2.22. The minimum absolute atomic E-state index is 0.139. The molecule has 0 saturated heterocycles. The number of thioether (sulfide) groups is 1. The van der Waals surface area contributed by atoms with Crippen molar-refractivity contribution >= 4 is 28.7 Å². The number of para-hydroxylation sites is 2. The van der Waals surface area contributed by atoms with Crippen molar-refractivity contribution in [3.63, 3.8) is 0 Å². The summed E-state index contributed by atoms with van der Waals surface area (Å²) < 4.78 is 0. The Balaban J connectivity index is 1.67. The van der Waals surface area contributed by atoms with Crippen molar-refractivity contribution < 1.29 is 4.79 Å². The molecular formula is C17H18N4OS. The van der Waals surface area contributed by atoms with E-state index in [-0.39, 0.29) is 17.6 Å². The second kappa shape index (κ2) is 6.17. The van der Waals surface area contributed by atoms with E-state index in [0.717, 1.165) is 34.6 Å². The second-order valence-electron chi connectivity index (χ2n) is 6.03. The molecule has 1 saturated carbocycles. The second-order valence-corrected chi connectivity index (χ2v) is 6.99. The van der Waals surface area contributed by atoms with Crippen LogP contribution in [0.2, 0.25) is 0 Å². The molecule has 118 valence electrons. The van der Waals surface area contributed by atoms with Crippen molar-refractivity contribution in [2.75, 3.05) is 5.75 Å². The lowest BCUT2D eigenvalue weighted by atomic mass is 9.98. The standard InChI is InChI=1S/C17H18N4OS/c1-11-16(20-14-6-4-3-5-13(14)19-11)23-9-15(22)21-17(2,10-18)12-7-8-12/h3-6,12H,7-9H2,1-2H3,(H,21,22). The molecule has 1 amide bonds. The topological polar surface area (TPSA) is 78.7 Å². The molecule has 0 spiro atoms. The zero-order valence-electron chi connectivity index (χ0n) is 13.2. The minimum atomic E-state index is -0.748. The number of amides is 1. The summed E-state index contributed by atoms with van der Waals surface area (Å²) in [5.41, 5.74) is 1.74. The van der Waals surface area contributed by atoms with E-state index >= 15 is 0 Å². The van der Waals surface area contributed by atoms with Gasteiger partial charge in [-0.3, -0.25) is 4.79 Å². The highest BCUT2D eigenvalue weighted by Gasteiger charge is 2.42. The Morgan fingerprint density at radius 3 is 2.65 bits per heavy atom. The number of nitriles is 1. The zero-order valence-corrected chi connectivity index (χ0v) is 14.0. The van der Waals surface area contributed by atoms with E-state index in [9.17, 15) is 10.1 Å². The maximum Gasteiger partial charge on any atom is 0.231 e. The molecule has 0 radical (unpaired) electrons. The number of carbonyl (C=O) groups is 1. The predicted molar refractivity (Wildman–Crippen MR) is 89.9 cm³/mol. The quantitative estimate of drug-likeness (QED) is 0.855. The predicted octanol–water partition coefficient (Wildman–Crippen LogP) is 2.84. The van der Waals surface area contributed by atoms with Crippen molar-refractivity contribution in [2.45, 2.75) is 37.3 Å². The third kappa shape index (κ3) is 3.45. The fraction of sp³-hybridized carbons (Fsp3) is 0.412. The Labute approximate surface area is 139 Å². The van der Waals surface area contributed by atoms with Crippen molar-refractivity contribution in [3.05, 3.63) is 30.0 Å². The highest BCUT2D eigenvalue weighted by molar-refractivity contribution is 7.99. The first-order chi connectivity index (χ1) is 11.0. The zero-order chi connectivity index (χ0) is 16.4. The van der Waals surface area contributed by atoms with Gasteiger partial charge >= 0.3 is 0 Å². The lowest BCUT2D eigenvalue weighted by molar-refractivity contribution is -0.119. The molecule has 0 aliphatic heterocycles. The van der Waals surface area contributed by atoms with Crippen LogP contribution in [0, 0.1) is 24.2 Å². The number of hydrogen-bond donors (Lipinski definition) is 1. The number of aryl methyl sites for hydroxylation is 1. The summed E-state index contributed by atoms with van der Waals surface area (Å²) in [6.45, 7) is 3.69. The Kier molecular flexibility index (Phi) is 4.22. The first-order valence-corrected chi connectivity index (χ1v) is 8.59. The van der Waals surface area contributed by atoms with Gasteiger partial charge in [0, 0.05) is 0 Å². The molecule has 1 fully saturated rings. The number of nitrogens with one attached hydrogen (secondary N) is 1. The van der Waals surface area contributed by atoms with Crippen LogP contribution in [0.3, 0.4) is 0 Å². The molecule has 5 nitrogen and oxygen atoms in total. The molecule has 3 rings (SSSR count). The van der Waals surface area contributed by atoms with Gasteiger partial charge in [0.05, 0.1) is 28.5 Å².